The first kappa shape index (κ1) is 19.6. The van der Waals surface area contributed by atoms with Crippen molar-refractivity contribution in [2.24, 2.45) is 13.0 Å². The molecule has 1 N–H and O–H groups in total. The number of piperidine rings is 1. The second-order valence-electron chi connectivity index (χ2n) is 7.45. The van der Waals surface area contributed by atoms with Crippen LogP contribution < -0.4 is 5.32 Å². The highest BCUT2D eigenvalue weighted by Crippen LogP contribution is 2.24. The Morgan fingerprint density at radius 1 is 1.26 bits per heavy atom. The normalized spacial score (nSPS) is 18.4. The molecule has 6 nitrogen and oxygen atoms in total. The summed E-state index contributed by atoms with van der Waals surface area (Å²) in [6.45, 7) is 5.55. The van der Waals surface area contributed by atoms with Gasteiger partial charge in [0.1, 0.15) is 10.6 Å². The lowest BCUT2D eigenvalue weighted by Gasteiger charge is -2.29. The third-order valence-corrected chi connectivity index (χ3v) is 6.87. The van der Waals surface area contributed by atoms with Crippen LogP contribution in [-0.2, 0) is 23.6 Å². The molecule has 27 heavy (non-hydrogen) atoms. The van der Waals surface area contributed by atoms with Crippen molar-refractivity contribution < 1.29 is 13.2 Å². The van der Waals surface area contributed by atoms with Crippen molar-refractivity contribution in [3.05, 3.63) is 53.3 Å². The van der Waals surface area contributed by atoms with E-state index in [1.54, 1.807) is 11.6 Å². The highest BCUT2D eigenvalue weighted by Gasteiger charge is 2.30. The summed E-state index contributed by atoms with van der Waals surface area (Å²) in [5.74, 6) is 0.0704. The van der Waals surface area contributed by atoms with Crippen LogP contribution in [0.1, 0.15) is 41.4 Å². The SMILES string of the molecule is Cc1ccc(CNC(=O)c2cc(S(=O)(=O)N3CCC[C@H](C)C3)cn2C)cc1. The number of carbonyl (C=O) groups is 1. The summed E-state index contributed by atoms with van der Waals surface area (Å²) in [4.78, 5) is 12.7. The summed E-state index contributed by atoms with van der Waals surface area (Å²) in [7, 11) is -1.88. The van der Waals surface area contributed by atoms with Gasteiger partial charge in [0.15, 0.2) is 0 Å². The number of nitrogens with zero attached hydrogens (tertiary/aromatic N) is 2. The highest BCUT2D eigenvalue weighted by atomic mass is 32.2. The van der Waals surface area contributed by atoms with E-state index in [0.29, 0.717) is 31.2 Å². The first-order chi connectivity index (χ1) is 12.8. The van der Waals surface area contributed by atoms with Crippen molar-refractivity contribution in [2.75, 3.05) is 13.1 Å². The number of rotatable bonds is 5. The minimum Gasteiger partial charge on any atom is -0.347 e. The monoisotopic (exact) mass is 389 g/mol. The molecular formula is C20H27N3O3S. The van der Waals surface area contributed by atoms with Gasteiger partial charge in [-0.1, -0.05) is 36.8 Å². The Morgan fingerprint density at radius 2 is 1.96 bits per heavy atom. The molecule has 1 aromatic carbocycles. The van der Waals surface area contributed by atoms with Crippen LogP contribution in [-0.4, -0.2) is 36.3 Å². The smallest absolute Gasteiger partial charge is 0.268 e. The summed E-state index contributed by atoms with van der Waals surface area (Å²) >= 11 is 0. The fourth-order valence-electron chi connectivity index (χ4n) is 3.39. The van der Waals surface area contributed by atoms with Gasteiger partial charge in [0.2, 0.25) is 10.0 Å². The van der Waals surface area contributed by atoms with Crippen LogP contribution in [0.5, 0.6) is 0 Å². The zero-order valence-corrected chi connectivity index (χ0v) is 16.9. The van der Waals surface area contributed by atoms with E-state index in [2.05, 4.69) is 12.2 Å². The van der Waals surface area contributed by atoms with Crippen molar-refractivity contribution in [2.45, 2.75) is 38.1 Å². The molecule has 0 spiro atoms. The maximum absolute atomic E-state index is 12.9. The third kappa shape index (κ3) is 4.42. The quantitative estimate of drug-likeness (QED) is 0.855. The molecule has 2 aromatic rings. The van der Waals surface area contributed by atoms with E-state index >= 15 is 0 Å². The number of aromatic nitrogens is 1. The van der Waals surface area contributed by atoms with Gasteiger partial charge in [0, 0.05) is 32.9 Å². The number of hydrogen-bond donors (Lipinski definition) is 1. The van der Waals surface area contributed by atoms with Gasteiger partial charge in [-0.3, -0.25) is 4.79 Å². The van der Waals surface area contributed by atoms with Gasteiger partial charge < -0.3 is 9.88 Å². The summed E-state index contributed by atoms with van der Waals surface area (Å²) < 4.78 is 28.9. The van der Waals surface area contributed by atoms with Crippen molar-refractivity contribution in [1.82, 2.24) is 14.2 Å². The minimum atomic E-state index is -3.57. The van der Waals surface area contributed by atoms with Crippen LogP contribution in [0.25, 0.3) is 0 Å². The maximum atomic E-state index is 12.9. The number of benzene rings is 1. The van der Waals surface area contributed by atoms with E-state index in [1.165, 1.54) is 16.6 Å². The largest absolute Gasteiger partial charge is 0.347 e. The predicted octanol–water partition coefficient (Wildman–Crippen LogP) is 2.68. The topological polar surface area (TPSA) is 71.4 Å². The fraction of sp³-hybridized carbons (Fsp3) is 0.450. The van der Waals surface area contributed by atoms with Crippen molar-refractivity contribution in [3.8, 4) is 0 Å². The average Bonchev–Trinajstić information content (AvgIpc) is 3.03. The summed E-state index contributed by atoms with van der Waals surface area (Å²) in [5.41, 5.74) is 2.50. The molecule has 3 rings (SSSR count). The molecule has 0 bridgehead atoms. The highest BCUT2D eigenvalue weighted by molar-refractivity contribution is 7.89. The van der Waals surface area contributed by atoms with Crippen molar-refractivity contribution >= 4 is 15.9 Å². The molecule has 0 radical (unpaired) electrons. The van der Waals surface area contributed by atoms with Crippen LogP contribution in [0.3, 0.4) is 0 Å². The Kier molecular flexibility index (Phi) is 5.72. The van der Waals surface area contributed by atoms with E-state index in [1.807, 2.05) is 31.2 Å². The second-order valence-corrected chi connectivity index (χ2v) is 9.39. The molecule has 1 saturated heterocycles. The zero-order valence-electron chi connectivity index (χ0n) is 16.1. The molecular weight excluding hydrogens is 362 g/mol. The average molecular weight is 390 g/mol. The molecule has 1 aliphatic rings. The first-order valence-corrected chi connectivity index (χ1v) is 10.7. The maximum Gasteiger partial charge on any atom is 0.268 e. The molecule has 0 unspecified atom stereocenters. The van der Waals surface area contributed by atoms with E-state index < -0.39 is 10.0 Å². The molecule has 1 aromatic heterocycles. The molecule has 1 aliphatic heterocycles. The Labute approximate surface area is 161 Å². The minimum absolute atomic E-state index is 0.180. The number of aryl methyl sites for hydroxylation is 2. The predicted molar refractivity (Wildman–Crippen MR) is 105 cm³/mol. The lowest BCUT2D eigenvalue weighted by Crippen LogP contribution is -2.38. The van der Waals surface area contributed by atoms with Crippen LogP contribution in [0.4, 0.5) is 0 Å². The number of amides is 1. The van der Waals surface area contributed by atoms with Gasteiger partial charge in [-0.15, -0.1) is 0 Å². The zero-order chi connectivity index (χ0) is 19.6. The number of carbonyl (C=O) groups excluding carboxylic acids is 1. The lowest BCUT2D eigenvalue weighted by atomic mass is 10.0. The van der Waals surface area contributed by atoms with Crippen molar-refractivity contribution in [3.63, 3.8) is 0 Å². The molecule has 2 heterocycles. The van der Waals surface area contributed by atoms with Gasteiger partial charge in [-0.2, -0.15) is 4.31 Å². The fourth-order valence-corrected chi connectivity index (χ4v) is 5.06. The van der Waals surface area contributed by atoms with Gasteiger partial charge in [0.05, 0.1) is 0 Å². The van der Waals surface area contributed by atoms with Crippen LogP contribution in [0, 0.1) is 12.8 Å². The molecule has 7 heteroatoms. The third-order valence-electron chi connectivity index (χ3n) is 5.04. The Morgan fingerprint density at radius 3 is 2.63 bits per heavy atom. The van der Waals surface area contributed by atoms with Gasteiger partial charge in [-0.05, 0) is 37.3 Å². The van der Waals surface area contributed by atoms with Gasteiger partial charge in [-0.25, -0.2) is 8.42 Å². The molecule has 1 fully saturated rings. The molecule has 0 saturated carbocycles. The van der Waals surface area contributed by atoms with Crippen LogP contribution >= 0.6 is 0 Å². The van der Waals surface area contributed by atoms with E-state index in [4.69, 9.17) is 0 Å². The standard InChI is InChI=1S/C20H27N3O3S/c1-15-6-8-17(9-7-15)12-21-20(24)19-11-18(14-22(19)3)27(25,26)23-10-4-5-16(2)13-23/h6-9,11,14,16H,4-5,10,12-13H2,1-3H3,(H,21,24)/t16-/m0/s1. The number of hydrogen-bond acceptors (Lipinski definition) is 3. The summed E-state index contributed by atoms with van der Waals surface area (Å²) in [6.07, 6.45) is 3.44. The Hall–Kier alpha value is -2.12. The Bertz CT molecular complexity index is 916. The summed E-state index contributed by atoms with van der Waals surface area (Å²) in [6, 6.07) is 9.39. The van der Waals surface area contributed by atoms with Gasteiger partial charge in [0.25, 0.3) is 5.91 Å². The first-order valence-electron chi connectivity index (χ1n) is 9.27. The van der Waals surface area contributed by atoms with Crippen LogP contribution in [0.2, 0.25) is 0 Å². The number of nitrogens with one attached hydrogen (secondary N) is 1. The molecule has 146 valence electrons. The number of sulfonamides is 1. The van der Waals surface area contributed by atoms with E-state index in [9.17, 15) is 13.2 Å². The van der Waals surface area contributed by atoms with E-state index in [0.717, 1.165) is 24.0 Å². The molecule has 1 atom stereocenters. The lowest BCUT2D eigenvalue weighted by molar-refractivity contribution is 0.0942. The van der Waals surface area contributed by atoms with Gasteiger partial charge >= 0.3 is 0 Å². The Balaban J connectivity index is 1.73. The van der Waals surface area contributed by atoms with Crippen molar-refractivity contribution in [1.29, 1.82) is 0 Å². The molecule has 1 amide bonds. The molecule has 0 aliphatic carbocycles. The van der Waals surface area contributed by atoms with E-state index in [-0.39, 0.29) is 10.8 Å². The second kappa shape index (κ2) is 7.86. The summed E-state index contributed by atoms with van der Waals surface area (Å²) in [5, 5.41) is 2.86. The van der Waals surface area contributed by atoms with Crippen LogP contribution in [0.15, 0.2) is 41.4 Å².